The second-order valence-electron chi connectivity index (χ2n) is 3.56. The van der Waals surface area contributed by atoms with Gasteiger partial charge in [0.25, 0.3) is 0 Å². The van der Waals surface area contributed by atoms with Crippen LogP contribution in [0.3, 0.4) is 0 Å². The number of benzene rings is 2. The third-order valence-electron chi connectivity index (χ3n) is 2.38. The summed E-state index contributed by atoms with van der Waals surface area (Å²) in [4.78, 5) is 12.1. The van der Waals surface area contributed by atoms with Gasteiger partial charge in [0, 0.05) is 5.56 Å². The number of carbonyl (C=O) groups excluding carboxylic acids is 1. The molecule has 0 atom stereocenters. The molecule has 1 nitrogen and oxygen atoms in total. The second-order valence-corrected chi connectivity index (χ2v) is 5.27. The lowest BCUT2D eigenvalue weighted by atomic mass is 10.0. The van der Waals surface area contributed by atoms with Crippen LogP contribution in [0.2, 0.25) is 0 Å². The summed E-state index contributed by atoms with van der Waals surface area (Å²) < 4.78 is 27.2. The van der Waals surface area contributed by atoms with E-state index in [0.29, 0.717) is 0 Å². The van der Waals surface area contributed by atoms with Gasteiger partial charge in [-0.15, -0.1) is 0 Å². The molecule has 18 heavy (non-hydrogen) atoms. The van der Waals surface area contributed by atoms with Crippen LogP contribution in [-0.2, 0) is 0 Å². The van der Waals surface area contributed by atoms with Crippen molar-refractivity contribution in [1.82, 2.24) is 0 Å². The highest BCUT2D eigenvalue weighted by molar-refractivity contribution is 9.10. The van der Waals surface area contributed by atoms with Gasteiger partial charge in [-0.2, -0.15) is 0 Å². The third kappa shape index (κ3) is 2.52. The van der Waals surface area contributed by atoms with Crippen LogP contribution in [0.5, 0.6) is 0 Å². The van der Waals surface area contributed by atoms with Gasteiger partial charge in [0.2, 0.25) is 0 Å². The molecule has 92 valence electrons. The molecule has 0 amide bonds. The van der Waals surface area contributed by atoms with E-state index in [0.717, 1.165) is 6.07 Å². The Hall–Kier alpha value is -1.07. The Labute approximate surface area is 119 Å². The van der Waals surface area contributed by atoms with Crippen LogP contribution in [0.1, 0.15) is 15.9 Å². The molecule has 0 aromatic heterocycles. The summed E-state index contributed by atoms with van der Waals surface area (Å²) in [5.41, 5.74) is 0.170. The minimum absolute atomic E-state index is 0.0529. The summed E-state index contributed by atoms with van der Waals surface area (Å²) in [6, 6.07) is 8.28. The van der Waals surface area contributed by atoms with Crippen LogP contribution in [0.15, 0.2) is 45.3 Å². The maximum atomic E-state index is 13.8. The van der Waals surface area contributed by atoms with Crippen molar-refractivity contribution in [1.29, 1.82) is 0 Å². The Morgan fingerprint density at radius 1 is 1.00 bits per heavy atom. The molecule has 0 aliphatic rings. The van der Waals surface area contributed by atoms with Crippen molar-refractivity contribution < 1.29 is 13.6 Å². The van der Waals surface area contributed by atoms with Gasteiger partial charge in [-0.05, 0) is 62.2 Å². The zero-order valence-corrected chi connectivity index (χ0v) is 12.1. The summed E-state index contributed by atoms with van der Waals surface area (Å²) in [6.45, 7) is 0. The van der Waals surface area contributed by atoms with Gasteiger partial charge in [-0.25, -0.2) is 8.78 Å². The number of hydrogen-bond acceptors (Lipinski definition) is 1. The van der Waals surface area contributed by atoms with Crippen molar-refractivity contribution >= 4 is 37.6 Å². The zero-order valence-electron chi connectivity index (χ0n) is 8.88. The van der Waals surface area contributed by atoms with Gasteiger partial charge in [0.1, 0.15) is 11.6 Å². The largest absolute Gasteiger partial charge is 0.288 e. The first-order valence-electron chi connectivity index (χ1n) is 4.94. The Morgan fingerprint density at radius 2 is 1.72 bits per heavy atom. The monoisotopic (exact) mass is 374 g/mol. The van der Waals surface area contributed by atoms with E-state index in [1.54, 1.807) is 6.07 Å². The molecule has 2 aromatic carbocycles. The summed E-state index contributed by atoms with van der Waals surface area (Å²) in [5.74, 6) is -1.58. The molecule has 2 aromatic rings. The van der Waals surface area contributed by atoms with Crippen LogP contribution in [0.4, 0.5) is 8.78 Å². The van der Waals surface area contributed by atoms with Crippen molar-refractivity contribution in [3.63, 3.8) is 0 Å². The average molecular weight is 376 g/mol. The normalized spacial score (nSPS) is 10.4. The maximum Gasteiger partial charge on any atom is 0.196 e. The second kappa shape index (κ2) is 5.28. The maximum absolute atomic E-state index is 13.8. The molecule has 0 bridgehead atoms. The number of hydrogen-bond donors (Lipinski definition) is 0. The van der Waals surface area contributed by atoms with E-state index in [9.17, 15) is 13.6 Å². The van der Waals surface area contributed by atoms with E-state index in [1.165, 1.54) is 24.3 Å². The van der Waals surface area contributed by atoms with E-state index in [-0.39, 0.29) is 20.1 Å². The van der Waals surface area contributed by atoms with Crippen molar-refractivity contribution in [3.05, 3.63) is 68.1 Å². The fourth-order valence-corrected chi connectivity index (χ4v) is 2.22. The molecular formula is C13H6Br2F2O. The van der Waals surface area contributed by atoms with Crippen LogP contribution >= 0.6 is 31.9 Å². The predicted octanol–water partition coefficient (Wildman–Crippen LogP) is 4.72. The molecule has 0 unspecified atom stereocenters. The van der Waals surface area contributed by atoms with Crippen LogP contribution < -0.4 is 0 Å². The molecular weight excluding hydrogens is 370 g/mol. The van der Waals surface area contributed by atoms with Gasteiger partial charge in [-0.3, -0.25) is 4.79 Å². The SMILES string of the molecule is O=C(c1ccc(F)c(Br)c1)c1cccc(Br)c1F. The van der Waals surface area contributed by atoms with Crippen LogP contribution in [-0.4, -0.2) is 5.78 Å². The van der Waals surface area contributed by atoms with E-state index in [4.69, 9.17) is 0 Å². The Bertz CT molecular complexity index is 626. The molecule has 0 saturated heterocycles. The average Bonchev–Trinajstić information content (AvgIpc) is 2.35. The van der Waals surface area contributed by atoms with Crippen molar-refractivity contribution in [2.75, 3.05) is 0 Å². The minimum Gasteiger partial charge on any atom is -0.288 e. The highest BCUT2D eigenvalue weighted by atomic mass is 79.9. The van der Waals surface area contributed by atoms with E-state index in [2.05, 4.69) is 31.9 Å². The molecule has 0 saturated carbocycles. The quantitative estimate of drug-likeness (QED) is 0.694. The lowest BCUT2D eigenvalue weighted by Crippen LogP contribution is -2.05. The van der Waals surface area contributed by atoms with Crippen molar-refractivity contribution in [2.45, 2.75) is 0 Å². The van der Waals surface area contributed by atoms with Gasteiger partial charge < -0.3 is 0 Å². The number of halogens is 4. The summed E-state index contributed by atoms with van der Waals surface area (Å²) >= 11 is 6.01. The Kier molecular flexibility index (Phi) is 3.92. The molecule has 0 fully saturated rings. The number of rotatable bonds is 2. The number of carbonyl (C=O) groups is 1. The van der Waals surface area contributed by atoms with Gasteiger partial charge in [0.15, 0.2) is 5.78 Å². The van der Waals surface area contributed by atoms with Crippen LogP contribution in [0, 0.1) is 11.6 Å². The van der Waals surface area contributed by atoms with Crippen molar-refractivity contribution in [3.8, 4) is 0 Å². The summed E-state index contributed by atoms with van der Waals surface area (Å²) in [6.07, 6.45) is 0. The Morgan fingerprint density at radius 3 is 2.39 bits per heavy atom. The summed E-state index contributed by atoms with van der Waals surface area (Å²) in [7, 11) is 0. The minimum atomic E-state index is -0.622. The van der Waals surface area contributed by atoms with E-state index < -0.39 is 17.4 Å². The summed E-state index contributed by atoms with van der Waals surface area (Å²) in [5, 5.41) is 0. The van der Waals surface area contributed by atoms with Crippen LogP contribution in [0.25, 0.3) is 0 Å². The predicted molar refractivity (Wildman–Crippen MR) is 71.6 cm³/mol. The lowest BCUT2D eigenvalue weighted by molar-refractivity contribution is 0.103. The van der Waals surface area contributed by atoms with Gasteiger partial charge in [-0.1, -0.05) is 6.07 Å². The molecule has 0 radical (unpaired) electrons. The molecule has 5 heteroatoms. The molecule has 0 aliphatic heterocycles. The van der Waals surface area contributed by atoms with E-state index >= 15 is 0 Å². The number of ketones is 1. The highest BCUT2D eigenvalue weighted by Gasteiger charge is 2.16. The Balaban J connectivity index is 2.48. The zero-order chi connectivity index (χ0) is 13.3. The smallest absolute Gasteiger partial charge is 0.196 e. The third-order valence-corrected chi connectivity index (χ3v) is 3.60. The first-order valence-corrected chi connectivity index (χ1v) is 6.53. The highest BCUT2D eigenvalue weighted by Crippen LogP contribution is 2.23. The van der Waals surface area contributed by atoms with E-state index in [1.807, 2.05) is 0 Å². The molecule has 0 heterocycles. The van der Waals surface area contributed by atoms with Crippen molar-refractivity contribution in [2.24, 2.45) is 0 Å². The lowest BCUT2D eigenvalue weighted by Gasteiger charge is -2.05. The van der Waals surface area contributed by atoms with Gasteiger partial charge >= 0.3 is 0 Å². The fourth-order valence-electron chi connectivity index (χ4n) is 1.47. The standard InChI is InChI=1S/C13H6Br2F2O/c14-9-3-1-2-8(12(9)17)13(18)7-4-5-11(16)10(15)6-7/h1-6H. The van der Waals surface area contributed by atoms with Gasteiger partial charge in [0.05, 0.1) is 14.5 Å². The first-order chi connectivity index (χ1) is 8.50. The topological polar surface area (TPSA) is 17.1 Å². The first kappa shape index (κ1) is 13.4. The molecule has 0 N–H and O–H groups in total. The fraction of sp³-hybridized carbons (Fsp3) is 0. The molecule has 2 rings (SSSR count). The molecule has 0 aliphatic carbocycles. The molecule has 0 spiro atoms.